The van der Waals surface area contributed by atoms with Crippen LogP contribution in [0.1, 0.15) is 40.5 Å². The van der Waals surface area contributed by atoms with Gasteiger partial charge in [-0.25, -0.2) is 9.59 Å². The van der Waals surface area contributed by atoms with Gasteiger partial charge >= 0.3 is 12.0 Å². The number of hydrogen-bond acceptors (Lipinski definition) is 3. The van der Waals surface area contributed by atoms with E-state index in [0.29, 0.717) is 12.8 Å². The van der Waals surface area contributed by atoms with E-state index in [1.165, 1.54) is 18.9 Å². The Morgan fingerprint density at radius 1 is 1.28 bits per heavy atom. The quantitative estimate of drug-likeness (QED) is 0.665. The van der Waals surface area contributed by atoms with Gasteiger partial charge in [0.2, 0.25) is 0 Å². The standard InChI is InChI=1S/C12H24N2O4/c1-6-7-12(4,9(15)16)13-10(17)14(5)8-11(2,3)18/h18H,6-8H2,1-5H3,(H,13,17)(H,15,16). The SMILES string of the molecule is CCCC(C)(NC(=O)N(C)CC(C)(C)O)C(=O)O. The Hall–Kier alpha value is -1.30. The lowest BCUT2D eigenvalue weighted by molar-refractivity contribution is -0.144. The van der Waals surface area contributed by atoms with Gasteiger partial charge < -0.3 is 20.4 Å². The average molecular weight is 260 g/mol. The molecule has 0 saturated heterocycles. The summed E-state index contributed by atoms with van der Waals surface area (Å²) >= 11 is 0. The Bertz CT molecular complexity index is 312. The van der Waals surface area contributed by atoms with Crippen molar-refractivity contribution in [3.8, 4) is 0 Å². The highest BCUT2D eigenvalue weighted by Gasteiger charge is 2.35. The number of aliphatic carboxylic acids is 1. The van der Waals surface area contributed by atoms with E-state index in [2.05, 4.69) is 5.32 Å². The minimum atomic E-state index is -1.28. The lowest BCUT2D eigenvalue weighted by Gasteiger charge is -2.31. The Balaban J connectivity index is 4.66. The fraction of sp³-hybridized carbons (Fsp3) is 0.833. The number of nitrogens with one attached hydrogen (secondary N) is 1. The number of likely N-dealkylation sites (N-methyl/N-ethyl adjacent to an activating group) is 1. The number of nitrogens with zero attached hydrogens (tertiary/aromatic N) is 1. The van der Waals surface area contributed by atoms with Crippen LogP contribution in [0.25, 0.3) is 0 Å². The van der Waals surface area contributed by atoms with Gasteiger partial charge in [-0.3, -0.25) is 0 Å². The first-order chi connectivity index (χ1) is 8.02. The molecule has 0 aromatic rings. The summed E-state index contributed by atoms with van der Waals surface area (Å²) in [6, 6.07) is -0.504. The van der Waals surface area contributed by atoms with Crippen molar-refractivity contribution in [2.75, 3.05) is 13.6 Å². The van der Waals surface area contributed by atoms with E-state index in [9.17, 15) is 14.7 Å². The molecule has 0 rings (SSSR count). The number of rotatable bonds is 6. The molecule has 0 aromatic heterocycles. The van der Waals surface area contributed by atoms with Gasteiger partial charge in [0.25, 0.3) is 0 Å². The van der Waals surface area contributed by atoms with Crippen molar-refractivity contribution in [1.29, 1.82) is 0 Å². The monoisotopic (exact) mass is 260 g/mol. The highest BCUT2D eigenvalue weighted by Crippen LogP contribution is 2.13. The van der Waals surface area contributed by atoms with Gasteiger partial charge in [0.1, 0.15) is 5.54 Å². The van der Waals surface area contributed by atoms with Crippen molar-refractivity contribution in [1.82, 2.24) is 10.2 Å². The summed E-state index contributed by atoms with van der Waals surface area (Å²) in [5, 5.41) is 21.2. The lowest BCUT2D eigenvalue weighted by Crippen LogP contribution is -2.56. The van der Waals surface area contributed by atoms with Crippen LogP contribution in [0.3, 0.4) is 0 Å². The molecule has 0 aliphatic rings. The average Bonchev–Trinajstić information content (AvgIpc) is 2.14. The summed E-state index contributed by atoms with van der Waals surface area (Å²) in [4.78, 5) is 24.3. The van der Waals surface area contributed by atoms with Crippen molar-refractivity contribution in [3.05, 3.63) is 0 Å². The van der Waals surface area contributed by atoms with E-state index < -0.39 is 23.1 Å². The molecule has 6 heteroatoms. The first-order valence-corrected chi connectivity index (χ1v) is 6.01. The van der Waals surface area contributed by atoms with Crippen LogP contribution in [0, 0.1) is 0 Å². The summed E-state index contributed by atoms with van der Waals surface area (Å²) in [6.07, 6.45) is 1.00. The van der Waals surface area contributed by atoms with Gasteiger partial charge in [-0.2, -0.15) is 0 Å². The normalized spacial score (nSPS) is 14.8. The maximum atomic E-state index is 11.9. The van der Waals surface area contributed by atoms with Gasteiger partial charge in [0, 0.05) is 7.05 Å². The highest BCUT2D eigenvalue weighted by atomic mass is 16.4. The van der Waals surface area contributed by atoms with E-state index >= 15 is 0 Å². The molecule has 1 atom stereocenters. The van der Waals surface area contributed by atoms with Crippen LogP contribution in [0.15, 0.2) is 0 Å². The number of aliphatic hydroxyl groups is 1. The second kappa shape index (κ2) is 6.04. The van der Waals surface area contributed by atoms with Gasteiger partial charge in [-0.05, 0) is 27.2 Å². The topological polar surface area (TPSA) is 89.9 Å². The van der Waals surface area contributed by atoms with Crippen LogP contribution >= 0.6 is 0 Å². The Labute approximate surface area is 108 Å². The summed E-state index contributed by atoms with van der Waals surface area (Å²) in [5.74, 6) is -1.06. The zero-order chi connectivity index (χ0) is 14.6. The van der Waals surface area contributed by atoms with Crippen LogP contribution in [0.4, 0.5) is 4.79 Å². The van der Waals surface area contributed by atoms with E-state index in [1.54, 1.807) is 13.8 Å². The Kier molecular flexibility index (Phi) is 5.60. The minimum Gasteiger partial charge on any atom is -0.480 e. The minimum absolute atomic E-state index is 0.126. The predicted octanol–water partition coefficient (Wildman–Crippen LogP) is 1.04. The van der Waals surface area contributed by atoms with Crippen LogP contribution in [0.5, 0.6) is 0 Å². The molecule has 1 unspecified atom stereocenters. The van der Waals surface area contributed by atoms with Crippen molar-refractivity contribution in [2.45, 2.75) is 51.7 Å². The molecule has 0 bridgehead atoms. The van der Waals surface area contributed by atoms with Crippen LogP contribution < -0.4 is 5.32 Å². The molecule has 0 heterocycles. The molecule has 0 fully saturated rings. The molecule has 0 aliphatic heterocycles. The summed E-state index contributed by atoms with van der Waals surface area (Å²) in [6.45, 7) is 6.63. The van der Waals surface area contributed by atoms with Crippen molar-refractivity contribution in [2.24, 2.45) is 0 Å². The third kappa shape index (κ3) is 5.35. The molecule has 0 radical (unpaired) electrons. The molecule has 18 heavy (non-hydrogen) atoms. The zero-order valence-corrected chi connectivity index (χ0v) is 11.8. The molecular formula is C12H24N2O4. The highest BCUT2D eigenvalue weighted by molar-refractivity contribution is 5.85. The number of carboxylic acids is 1. The molecule has 2 amide bonds. The third-order valence-electron chi connectivity index (χ3n) is 2.58. The maximum absolute atomic E-state index is 11.9. The second-order valence-corrected chi connectivity index (χ2v) is 5.49. The molecule has 6 nitrogen and oxygen atoms in total. The fourth-order valence-corrected chi connectivity index (χ4v) is 1.71. The second-order valence-electron chi connectivity index (χ2n) is 5.49. The number of hydrogen-bond donors (Lipinski definition) is 3. The summed E-state index contributed by atoms with van der Waals surface area (Å²) in [7, 11) is 1.52. The first-order valence-electron chi connectivity index (χ1n) is 6.01. The largest absolute Gasteiger partial charge is 0.480 e. The zero-order valence-electron chi connectivity index (χ0n) is 11.8. The first kappa shape index (κ1) is 16.7. The van der Waals surface area contributed by atoms with Crippen LogP contribution in [-0.4, -0.2) is 51.8 Å². The number of amides is 2. The number of carbonyl (C=O) groups excluding carboxylic acids is 1. The molecule has 3 N–H and O–H groups in total. The van der Waals surface area contributed by atoms with Gasteiger partial charge in [0.05, 0.1) is 12.1 Å². The number of urea groups is 1. The Morgan fingerprint density at radius 3 is 2.11 bits per heavy atom. The van der Waals surface area contributed by atoms with Crippen LogP contribution in [0.2, 0.25) is 0 Å². The van der Waals surface area contributed by atoms with Crippen LogP contribution in [-0.2, 0) is 4.79 Å². The van der Waals surface area contributed by atoms with Gasteiger partial charge in [-0.1, -0.05) is 13.3 Å². The van der Waals surface area contributed by atoms with Crippen molar-refractivity contribution < 1.29 is 19.8 Å². The van der Waals surface area contributed by atoms with Crippen molar-refractivity contribution >= 4 is 12.0 Å². The van der Waals surface area contributed by atoms with E-state index in [1.807, 2.05) is 6.92 Å². The fourth-order valence-electron chi connectivity index (χ4n) is 1.71. The maximum Gasteiger partial charge on any atom is 0.329 e. The molecular weight excluding hydrogens is 236 g/mol. The summed E-state index contributed by atoms with van der Waals surface area (Å²) in [5.41, 5.74) is -2.30. The Morgan fingerprint density at radius 2 is 1.78 bits per heavy atom. The number of carboxylic acid groups (broad SMARTS) is 1. The predicted molar refractivity (Wildman–Crippen MR) is 68.4 cm³/mol. The molecule has 106 valence electrons. The molecule has 0 spiro atoms. The number of carbonyl (C=O) groups is 2. The van der Waals surface area contributed by atoms with Gasteiger partial charge in [-0.15, -0.1) is 0 Å². The van der Waals surface area contributed by atoms with E-state index in [4.69, 9.17) is 5.11 Å². The van der Waals surface area contributed by atoms with E-state index in [0.717, 1.165) is 0 Å². The summed E-state index contributed by atoms with van der Waals surface area (Å²) < 4.78 is 0. The lowest BCUT2D eigenvalue weighted by atomic mass is 9.96. The molecule has 0 saturated carbocycles. The van der Waals surface area contributed by atoms with Crippen molar-refractivity contribution in [3.63, 3.8) is 0 Å². The molecule has 0 aromatic carbocycles. The molecule has 0 aliphatic carbocycles. The smallest absolute Gasteiger partial charge is 0.329 e. The van der Waals surface area contributed by atoms with E-state index in [-0.39, 0.29) is 6.54 Å². The third-order valence-corrected chi connectivity index (χ3v) is 2.58. The van der Waals surface area contributed by atoms with Gasteiger partial charge in [0.15, 0.2) is 0 Å².